The fraction of sp³-hybridized carbons (Fsp3) is 0.480. The number of carbonyl (C=O) groups is 1. The van der Waals surface area contributed by atoms with Gasteiger partial charge in [0.25, 0.3) is 0 Å². The zero-order chi connectivity index (χ0) is 41.8. The molecule has 5 heterocycles. The molecule has 1 fully saturated rings. The van der Waals surface area contributed by atoms with E-state index in [0.29, 0.717) is 25.0 Å². The number of allylic oxidation sites excluding steroid dienone is 16. The summed E-state index contributed by atoms with van der Waals surface area (Å²) in [5.74, 6) is 0.0789. The number of aliphatic hydroxyl groups is 2. The second-order valence-electron chi connectivity index (χ2n) is 17.0. The Hall–Kier alpha value is -4.82. The lowest BCUT2D eigenvalue weighted by molar-refractivity contribution is -0.142. The number of hydrogen-bond donors (Lipinski definition) is 3. The summed E-state index contributed by atoms with van der Waals surface area (Å²) < 4.78 is 5.75. The molecule has 0 unspecified atom stereocenters. The van der Waals surface area contributed by atoms with Gasteiger partial charge < -0.3 is 20.3 Å². The molecular formula is C50H64N4O4. The predicted octanol–water partition coefficient (Wildman–Crippen LogP) is 11.6. The summed E-state index contributed by atoms with van der Waals surface area (Å²) in [7, 11) is 0. The van der Waals surface area contributed by atoms with Crippen molar-refractivity contribution in [3.8, 4) is 0 Å². The Balaban J connectivity index is 1.29. The summed E-state index contributed by atoms with van der Waals surface area (Å²) in [5, 5.41) is 26.4. The van der Waals surface area contributed by atoms with Gasteiger partial charge in [-0.05, 0) is 140 Å². The van der Waals surface area contributed by atoms with E-state index in [2.05, 4.69) is 85.0 Å². The Morgan fingerprint density at radius 3 is 2.29 bits per heavy atom. The third-order valence-electron chi connectivity index (χ3n) is 12.3. The average Bonchev–Trinajstić information content (AvgIpc) is 3.93. The van der Waals surface area contributed by atoms with E-state index < -0.39 is 6.10 Å². The normalized spacial score (nSPS) is 22.3. The molecular weight excluding hydrogens is 721 g/mol. The summed E-state index contributed by atoms with van der Waals surface area (Å²) in [6, 6.07) is 0. The number of rotatable bonds is 15. The summed E-state index contributed by atoms with van der Waals surface area (Å²) in [4.78, 5) is 28.8. The molecule has 8 heteroatoms. The molecule has 5 aliphatic heterocycles. The van der Waals surface area contributed by atoms with Gasteiger partial charge in [0, 0.05) is 52.8 Å². The number of aliphatic imine (C=N–C) groups is 3. The standard InChI is InChI=1S/C50H64N4O4/c1-11-15-36-31(7)39-26-44-47(34(10)55)33(9)41(52-44)25-40-32(8)37(20-21-46(57)58-23-22-30(6)19-14-18-29(5)17-13-16-28(3)4)49(53-40)38-24-45(56)48-35(12-2)42(54-50(38)48)27-43(36)51-39/h16,18,22,25-27,32,34,37,53,55-56H,11-15,17,19-21,23-24H2,1-10H3/t32-,34+,37-/m0/s1. The van der Waals surface area contributed by atoms with Gasteiger partial charge >= 0.3 is 5.97 Å². The van der Waals surface area contributed by atoms with Crippen LogP contribution in [0.3, 0.4) is 0 Å². The summed E-state index contributed by atoms with van der Waals surface area (Å²) in [5.41, 5.74) is 17.6. The van der Waals surface area contributed by atoms with Crippen LogP contribution in [0.2, 0.25) is 0 Å². The lowest BCUT2D eigenvalue weighted by atomic mass is 9.86. The molecule has 0 aromatic rings. The van der Waals surface area contributed by atoms with Gasteiger partial charge in [0.2, 0.25) is 0 Å². The Bertz CT molecular complexity index is 2190. The lowest BCUT2D eigenvalue weighted by Crippen LogP contribution is -2.16. The van der Waals surface area contributed by atoms with Crippen LogP contribution in [-0.4, -0.2) is 46.0 Å². The molecule has 3 N–H and O–H groups in total. The average molecular weight is 785 g/mol. The van der Waals surface area contributed by atoms with E-state index in [4.69, 9.17) is 19.7 Å². The number of esters is 1. The fourth-order valence-electron chi connectivity index (χ4n) is 8.98. The van der Waals surface area contributed by atoms with Crippen molar-refractivity contribution in [2.24, 2.45) is 26.8 Å². The number of fused-ring (bicyclic) bond motifs is 5. The van der Waals surface area contributed by atoms with Crippen LogP contribution in [0.1, 0.15) is 133 Å². The van der Waals surface area contributed by atoms with Crippen LogP contribution < -0.4 is 5.32 Å². The molecule has 0 radical (unpaired) electrons. The van der Waals surface area contributed by atoms with E-state index in [-0.39, 0.29) is 30.8 Å². The Morgan fingerprint density at radius 1 is 0.914 bits per heavy atom. The second-order valence-corrected chi connectivity index (χ2v) is 17.0. The molecule has 8 bridgehead atoms. The molecule has 6 rings (SSSR count). The van der Waals surface area contributed by atoms with Crippen molar-refractivity contribution in [3.05, 3.63) is 126 Å². The molecule has 3 atom stereocenters. The quantitative estimate of drug-likeness (QED) is 0.113. The van der Waals surface area contributed by atoms with Crippen molar-refractivity contribution in [1.82, 2.24) is 5.32 Å². The molecule has 0 spiro atoms. The number of nitrogens with one attached hydrogen (secondary N) is 1. The largest absolute Gasteiger partial charge is 0.511 e. The highest BCUT2D eigenvalue weighted by molar-refractivity contribution is 6.21. The minimum Gasteiger partial charge on any atom is -0.511 e. The zero-order valence-corrected chi connectivity index (χ0v) is 36.5. The molecule has 0 aromatic heterocycles. The van der Waals surface area contributed by atoms with Crippen LogP contribution in [0, 0.1) is 11.8 Å². The third kappa shape index (κ3) is 9.07. The molecule has 8 nitrogen and oxygen atoms in total. The molecule has 1 saturated heterocycles. The van der Waals surface area contributed by atoms with Crippen LogP contribution in [0.4, 0.5) is 0 Å². The molecule has 58 heavy (non-hydrogen) atoms. The minimum atomic E-state index is -0.716. The second kappa shape index (κ2) is 18.4. The van der Waals surface area contributed by atoms with Crippen molar-refractivity contribution in [2.75, 3.05) is 6.61 Å². The molecule has 6 aliphatic rings. The van der Waals surface area contributed by atoms with Gasteiger partial charge in [0.15, 0.2) is 0 Å². The van der Waals surface area contributed by atoms with Gasteiger partial charge in [-0.25, -0.2) is 15.0 Å². The van der Waals surface area contributed by atoms with Crippen molar-refractivity contribution in [1.29, 1.82) is 0 Å². The summed E-state index contributed by atoms with van der Waals surface area (Å²) in [6.07, 6.45) is 20.0. The van der Waals surface area contributed by atoms with E-state index in [0.717, 1.165) is 118 Å². The van der Waals surface area contributed by atoms with E-state index in [9.17, 15) is 15.0 Å². The van der Waals surface area contributed by atoms with Crippen molar-refractivity contribution in [3.63, 3.8) is 0 Å². The van der Waals surface area contributed by atoms with Crippen LogP contribution in [0.5, 0.6) is 0 Å². The van der Waals surface area contributed by atoms with E-state index >= 15 is 0 Å². The number of aliphatic hydroxyl groups excluding tert-OH is 2. The summed E-state index contributed by atoms with van der Waals surface area (Å²) in [6.45, 7) is 21.2. The van der Waals surface area contributed by atoms with Crippen LogP contribution in [-0.2, 0) is 9.53 Å². The third-order valence-corrected chi connectivity index (χ3v) is 12.3. The molecule has 0 saturated carbocycles. The monoisotopic (exact) mass is 784 g/mol. The first-order valence-electron chi connectivity index (χ1n) is 21.5. The van der Waals surface area contributed by atoms with Crippen LogP contribution in [0.25, 0.3) is 0 Å². The van der Waals surface area contributed by atoms with E-state index in [1.165, 1.54) is 22.3 Å². The van der Waals surface area contributed by atoms with Gasteiger partial charge in [-0.2, -0.15) is 0 Å². The highest BCUT2D eigenvalue weighted by Gasteiger charge is 2.42. The Morgan fingerprint density at radius 2 is 1.60 bits per heavy atom. The molecule has 308 valence electrons. The number of hydrogen-bond acceptors (Lipinski definition) is 8. The maximum absolute atomic E-state index is 13.3. The van der Waals surface area contributed by atoms with Crippen LogP contribution in [0.15, 0.2) is 141 Å². The molecule has 1 aliphatic carbocycles. The zero-order valence-electron chi connectivity index (χ0n) is 36.5. The first kappa shape index (κ1) is 42.8. The smallest absolute Gasteiger partial charge is 0.306 e. The Kier molecular flexibility index (Phi) is 13.6. The van der Waals surface area contributed by atoms with Crippen molar-refractivity contribution in [2.45, 2.75) is 140 Å². The number of nitrogens with zero attached hydrogens (tertiary/aromatic N) is 3. The maximum atomic E-state index is 13.3. The topological polar surface area (TPSA) is 116 Å². The van der Waals surface area contributed by atoms with Gasteiger partial charge in [0.1, 0.15) is 12.4 Å². The van der Waals surface area contributed by atoms with Crippen molar-refractivity contribution < 1.29 is 19.7 Å². The summed E-state index contributed by atoms with van der Waals surface area (Å²) >= 11 is 0. The minimum absolute atomic E-state index is 0.0146. The van der Waals surface area contributed by atoms with Gasteiger partial charge in [-0.15, -0.1) is 0 Å². The number of ether oxygens (including phenoxy) is 1. The first-order valence-corrected chi connectivity index (χ1v) is 21.5. The van der Waals surface area contributed by atoms with Crippen LogP contribution >= 0.6 is 0 Å². The van der Waals surface area contributed by atoms with Gasteiger partial charge in [0.05, 0.1) is 40.3 Å². The Labute approximate surface area is 346 Å². The van der Waals surface area contributed by atoms with E-state index in [1.54, 1.807) is 6.92 Å². The SMILES string of the molecule is CCCC1=C(C)C2=NC1=CC1=C(CC)C3=C(O)CC(=C4NC(=CC5=NC(=C2)C([C@@H](C)O)=C5C)[C@@H](C)[C@@H]4CCC(=O)OCC=C(C)CCC=C(C)CCC=C(C)C)C3=N1. The van der Waals surface area contributed by atoms with Gasteiger partial charge in [-0.3, -0.25) is 4.79 Å². The lowest BCUT2D eigenvalue weighted by Gasteiger charge is -2.17. The molecule has 0 amide bonds. The van der Waals surface area contributed by atoms with E-state index in [1.807, 2.05) is 19.1 Å². The van der Waals surface area contributed by atoms with Gasteiger partial charge in [-0.1, -0.05) is 56.1 Å². The predicted molar refractivity (Wildman–Crippen MR) is 239 cm³/mol. The number of carbonyl (C=O) groups excluding carboxylic acids is 1. The highest BCUT2D eigenvalue weighted by atomic mass is 16.5. The molecule has 0 aromatic carbocycles. The van der Waals surface area contributed by atoms with Crippen molar-refractivity contribution >= 4 is 23.1 Å². The maximum Gasteiger partial charge on any atom is 0.306 e. The first-order chi connectivity index (χ1) is 27.7. The highest BCUT2D eigenvalue weighted by Crippen LogP contribution is 2.47. The fourth-order valence-corrected chi connectivity index (χ4v) is 8.98.